The zero-order valence-electron chi connectivity index (χ0n) is 22.6. The number of amides is 3. The smallest absolute Gasteiger partial charge is 0.273 e. The van der Waals surface area contributed by atoms with E-state index < -0.39 is 23.8 Å². The van der Waals surface area contributed by atoms with E-state index in [-0.39, 0.29) is 22.3 Å². The van der Waals surface area contributed by atoms with Crippen LogP contribution in [-0.2, 0) is 4.79 Å². The van der Waals surface area contributed by atoms with Crippen molar-refractivity contribution in [3.8, 4) is 17.2 Å². The molecule has 3 aromatic rings. The average Bonchev–Trinajstić information content (AvgIpc) is 3.37. The number of anilines is 2. The van der Waals surface area contributed by atoms with Crippen molar-refractivity contribution in [3.05, 3.63) is 58.6 Å². The van der Waals surface area contributed by atoms with E-state index in [9.17, 15) is 14.4 Å². The summed E-state index contributed by atoms with van der Waals surface area (Å²) < 4.78 is 20.7. The van der Waals surface area contributed by atoms with Gasteiger partial charge in [-0.05, 0) is 54.7 Å². The van der Waals surface area contributed by atoms with Crippen molar-refractivity contribution in [2.75, 3.05) is 32.0 Å². The van der Waals surface area contributed by atoms with Crippen molar-refractivity contribution >= 4 is 40.6 Å². The minimum atomic E-state index is -1.24. The molecule has 4 rings (SSSR count). The first-order valence-electron chi connectivity index (χ1n) is 12.8. The predicted molar refractivity (Wildman–Crippen MR) is 152 cm³/mol. The van der Waals surface area contributed by atoms with Crippen molar-refractivity contribution in [1.29, 1.82) is 0 Å². The van der Waals surface area contributed by atoms with Crippen LogP contribution >= 0.6 is 11.5 Å². The molecule has 0 saturated heterocycles. The number of hydrogen-bond donors (Lipinski definition) is 3. The number of methoxy groups -OCH3 is 3. The molecular formula is C28H33N5O6S. The first-order chi connectivity index (χ1) is 19.3. The van der Waals surface area contributed by atoms with Gasteiger partial charge >= 0.3 is 0 Å². The van der Waals surface area contributed by atoms with Crippen LogP contribution in [0.15, 0.2) is 42.5 Å². The van der Waals surface area contributed by atoms with Gasteiger partial charge < -0.3 is 31.0 Å². The van der Waals surface area contributed by atoms with E-state index in [2.05, 4.69) is 9.69 Å². The van der Waals surface area contributed by atoms with Crippen molar-refractivity contribution < 1.29 is 28.6 Å². The third-order valence-corrected chi connectivity index (χ3v) is 7.76. The van der Waals surface area contributed by atoms with Gasteiger partial charge in [0.15, 0.2) is 5.69 Å². The second-order valence-corrected chi connectivity index (χ2v) is 10.1. The van der Waals surface area contributed by atoms with Crippen LogP contribution in [0.5, 0.6) is 17.2 Å². The van der Waals surface area contributed by atoms with Crippen LogP contribution in [0.3, 0.4) is 0 Å². The Morgan fingerprint density at radius 1 is 1.00 bits per heavy atom. The molecule has 11 nitrogen and oxygen atoms in total. The van der Waals surface area contributed by atoms with Crippen molar-refractivity contribution in [3.63, 3.8) is 0 Å². The number of benzene rings is 2. The number of nitrogens with zero attached hydrogens (tertiary/aromatic N) is 2. The lowest BCUT2D eigenvalue weighted by molar-refractivity contribution is -0.123. The fourth-order valence-electron chi connectivity index (χ4n) is 4.91. The quantitative estimate of drug-likeness (QED) is 0.335. The first-order valence-corrected chi connectivity index (χ1v) is 13.6. The second kappa shape index (κ2) is 12.7. The molecular weight excluding hydrogens is 534 g/mol. The molecule has 0 bridgehead atoms. The summed E-state index contributed by atoms with van der Waals surface area (Å²) in [6, 6.07) is 10.6. The molecule has 1 aliphatic rings. The number of carbonyl (C=O) groups excluding carboxylic acids is 3. The number of nitrogen functional groups attached to an aromatic ring is 1. The number of nitrogens with two attached hydrogens (primary N) is 2. The van der Waals surface area contributed by atoms with Gasteiger partial charge in [0.25, 0.3) is 11.8 Å². The predicted octanol–water partition coefficient (Wildman–Crippen LogP) is 3.69. The van der Waals surface area contributed by atoms with Crippen molar-refractivity contribution in [1.82, 2.24) is 9.69 Å². The molecule has 2 aromatic carbocycles. The molecule has 1 aliphatic carbocycles. The van der Waals surface area contributed by atoms with E-state index in [0.717, 1.165) is 43.6 Å². The largest absolute Gasteiger partial charge is 0.497 e. The Balaban J connectivity index is 1.95. The zero-order chi connectivity index (χ0) is 28.8. The van der Waals surface area contributed by atoms with E-state index in [1.807, 2.05) is 0 Å². The van der Waals surface area contributed by atoms with Crippen LogP contribution in [0, 0.1) is 0 Å². The van der Waals surface area contributed by atoms with E-state index in [4.69, 9.17) is 25.7 Å². The summed E-state index contributed by atoms with van der Waals surface area (Å²) in [6.45, 7) is 0. The van der Waals surface area contributed by atoms with Crippen molar-refractivity contribution in [2.24, 2.45) is 5.73 Å². The van der Waals surface area contributed by atoms with E-state index in [1.165, 1.54) is 26.2 Å². The lowest BCUT2D eigenvalue weighted by Crippen LogP contribution is -2.47. The first kappa shape index (κ1) is 28.7. The van der Waals surface area contributed by atoms with E-state index in [0.29, 0.717) is 28.5 Å². The SMILES string of the molecule is COc1ccc(OC)c([C@H](C(=O)NC2CCCCC2)N(C(=O)c2snc(C(N)=O)c2N)c2ccccc2OC)c1. The Bertz CT molecular complexity index is 1390. The third kappa shape index (κ3) is 5.81. The summed E-state index contributed by atoms with van der Waals surface area (Å²) in [6.07, 6.45) is 4.78. The highest BCUT2D eigenvalue weighted by atomic mass is 32.1. The highest BCUT2D eigenvalue weighted by molar-refractivity contribution is 7.09. The minimum Gasteiger partial charge on any atom is -0.497 e. The van der Waals surface area contributed by atoms with Crippen LogP contribution in [0.2, 0.25) is 0 Å². The van der Waals surface area contributed by atoms with Crippen molar-refractivity contribution in [2.45, 2.75) is 44.2 Å². The molecule has 0 radical (unpaired) electrons. The maximum atomic E-state index is 14.4. The number of rotatable bonds is 10. The lowest BCUT2D eigenvalue weighted by Gasteiger charge is -2.34. The Kier molecular flexibility index (Phi) is 9.10. The zero-order valence-corrected chi connectivity index (χ0v) is 23.5. The molecule has 3 amide bonds. The number of primary amides is 1. The van der Waals surface area contributed by atoms with Crippen LogP contribution in [0.25, 0.3) is 0 Å². The van der Waals surface area contributed by atoms with Crippen LogP contribution < -0.4 is 35.9 Å². The van der Waals surface area contributed by atoms with Gasteiger partial charge in [-0.2, -0.15) is 4.37 Å². The number of nitrogens with one attached hydrogen (secondary N) is 1. The van der Waals surface area contributed by atoms with Gasteiger partial charge in [0.1, 0.15) is 28.2 Å². The summed E-state index contributed by atoms with van der Waals surface area (Å²) in [5.41, 5.74) is 11.9. The molecule has 0 aliphatic heterocycles. The molecule has 1 saturated carbocycles. The van der Waals surface area contributed by atoms with Crippen LogP contribution in [-0.4, -0.2) is 49.5 Å². The number of para-hydroxylation sites is 2. The summed E-state index contributed by atoms with van der Waals surface area (Å²) in [7, 11) is 4.46. The normalized spacial score (nSPS) is 14.2. The number of carbonyl (C=O) groups is 3. The summed E-state index contributed by atoms with van der Waals surface area (Å²) >= 11 is 0.731. The highest BCUT2D eigenvalue weighted by Gasteiger charge is 2.39. The molecule has 212 valence electrons. The number of hydrogen-bond acceptors (Lipinski definition) is 9. The summed E-state index contributed by atoms with van der Waals surface area (Å²) in [5, 5.41) is 3.15. The monoisotopic (exact) mass is 567 g/mol. The average molecular weight is 568 g/mol. The molecule has 5 N–H and O–H groups in total. The second-order valence-electron chi connectivity index (χ2n) is 9.34. The molecule has 1 aromatic heterocycles. The molecule has 1 atom stereocenters. The van der Waals surface area contributed by atoms with Gasteiger partial charge in [-0.1, -0.05) is 31.4 Å². The van der Waals surface area contributed by atoms with Gasteiger partial charge in [-0.3, -0.25) is 19.3 Å². The lowest BCUT2D eigenvalue weighted by atomic mass is 9.94. The van der Waals surface area contributed by atoms with Gasteiger partial charge in [0.05, 0.1) is 32.7 Å². The third-order valence-electron chi connectivity index (χ3n) is 6.91. The van der Waals surface area contributed by atoms with E-state index in [1.54, 1.807) is 42.5 Å². The van der Waals surface area contributed by atoms with Crippen LogP contribution in [0.1, 0.15) is 63.9 Å². The summed E-state index contributed by atoms with van der Waals surface area (Å²) in [5.74, 6) is -0.778. The molecule has 40 heavy (non-hydrogen) atoms. The molecule has 12 heteroatoms. The van der Waals surface area contributed by atoms with Gasteiger partial charge in [0.2, 0.25) is 5.91 Å². The highest BCUT2D eigenvalue weighted by Crippen LogP contribution is 2.41. The van der Waals surface area contributed by atoms with Gasteiger partial charge in [-0.25, -0.2) is 0 Å². The number of ether oxygens (including phenoxy) is 3. The topological polar surface area (TPSA) is 159 Å². The standard InChI is InChI=1S/C28H33N5O6S/c1-37-17-13-14-20(38-2)18(15-17)24(27(35)31-16-9-5-4-6-10-16)33(19-11-7-8-12-21(19)39-3)28(36)25-22(29)23(26(30)34)32-40-25/h7-8,11-16,24H,4-6,9-10,29H2,1-3H3,(H2,30,34)(H,31,35)/t24-/m1/s1. The maximum absolute atomic E-state index is 14.4. The van der Waals surface area contributed by atoms with Gasteiger partial charge in [-0.15, -0.1) is 0 Å². The Hall–Kier alpha value is -4.32. The fraction of sp³-hybridized carbons (Fsp3) is 0.357. The fourth-order valence-corrected chi connectivity index (χ4v) is 5.65. The molecule has 0 unspecified atom stereocenters. The Morgan fingerprint density at radius 3 is 2.33 bits per heavy atom. The van der Waals surface area contributed by atoms with Gasteiger partial charge in [0, 0.05) is 11.6 Å². The van der Waals surface area contributed by atoms with Crippen LogP contribution in [0.4, 0.5) is 11.4 Å². The number of aromatic nitrogens is 1. The minimum absolute atomic E-state index is 0.0444. The Morgan fingerprint density at radius 2 is 1.70 bits per heavy atom. The van der Waals surface area contributed by atoms with E-state index >= 15 is 0 Å². The maximum Gasteiger partial charge on any atom is 0.273 e. The molecule has 1 heterocycles. The molecule has 0 spiro atoms. The Labute approximate surface area is 236 Å². The molecule has 1 fully saturated rings. The summed E-state index contributed by atoms with van der Waals surface area (Å²) in [4.78, 5) is 41.8.